The summed E-state index contributed by atoms with van der Waals surface area (Å²) in [6, 6.07) is 4.85. The summed E-state index contributed by atoms with van der Waals surface area (Å²) in [6.07, 6.45) is 2.39. The maximum Gasteiger partial charge on any atom is 0.123 e. The lowest BCUT2D eigenvalue weighted by Crippen LogP contribution is -2.32. The van der Waals surface area contributed by atoms with Gasteiger partial charge in [0.05, 0.1) is 6.61 Å². The van der Waals surface area contributed by atoms with Crippen molar-refractivity contribution in [3.63, 3.8) is 0 Å². The summed E-state index contributed by atoms with van der Waals surface area (Å²) in [5.41, 5.74) is 3.39. The lowest BCUT2D eigenvalue weighted by molar-refractivity contribution is 0.111. The number of ether oxygens (including phenoxy) is 1. The van der Waals surface area contributed by atoms with Gasteiger partial charge in [0.2, 0.25) is 0 Å². The number of rotatable bonds is 4. The zero-order valence-electron chi connectivity index (χ0n) is 16.6. The van der Waals surface area contributed by atoms with Gasteiger partial charge in [-0.3, -0.25) is 4.90 Å². The van der Waals surface area contributed by atoms with Crippen LogP contribution in [0.2, 0.25) is 0 Å². The number of nitrogens with zero attached hydrogens (tertiary/aromatic N) is 1. The van der Waals surface area contributed by atoms with E-state index in [2.05, 4.69) is 58.6 Å². The van der Waals surface area contributed by atoms with E-state index in [0.29, 0.717) is 11.8 Å². The fourth-order valence-corrected chi connectivity index (χ4v) is 3.52. The zero-order chi connectivity index (χ0) is 18.1. The molecule has 3 heteroatoms. The van der Waals surface area contributed by atoms with Crippen LogP contribution in [0.25, 0.3) is 0 Å². The van der Waals surface area contributed by atoms with Crippen molar-refractivity contribution in [1.29, 1.82) is 0 Å². The Morgan fingerprint density at radius 1 is 1.12 bits per heavy atom. The monoisotopic (exact) mass is 333 g/mol. The number of phenols is 1. The summed E-state index contributed by atoms with van der Waals surface area (Å²) in [5.74, 6) is 0.471. The average Bonchev–Trinajstić information content (AvgIpc) is 2.86. The number of aromatic hydroxyl groups is 1. The highest BCUT2D eigenvalue weighted by atomic mass is 16.5. The van der Waals surface area contributed by atoms with Gasteiger partial charge in [0.25, 0.3) is 0 Å². The molecule has 0 bridgehead atoms. The molecule has 1 atom stereocenters. The smallest absolute Gasteiger partial charge is 0.123 e. The molecule has 1 aliphatic heterocycles. The Kier molecular flexibility index (Phi) is 5.66. The summed E-state index contributed by atoms with van der Waals surface area (Å²) in [7, 11) is 1.77. The van der Waals surface area contributed by atoms with Crippen LogP contribution in [0.15, 0.2) is 12.1 Å². The third kappa shape index (κ3) is 4.31. The molecule has 1 heterocycles. The van der Waals surface area contributed by atoms with Crippen molar-refractivity contribution in [3.05, 3.63) is 28.8 Å². The van der Waals surface area contributed by atoms with Crippen molar-refractivity contribution >= 4 is 0 Å². The molecule has 136 valence electrons. The zero-order valence-corrected chi connectivity index (χ0v) is 16.6. The highest BCUT2D eigenvalue weighted by Crippen LogP contribution is 2.38. The van der Waals surface area contributed by atoms with Gasteiger partial charge in [0.15, 0.2) is 0 Å². The van der Waals surface area contributed by atoms with Crippen molar-refractivity contribution in [1.82, 2.24) is 4.90 Å². The number of hydrogen-bond acceptors (Lipinski definition) is 3. The topological polar surface area (TPSA) is 32.7 Å². The van der Waals surface area contributed by atoms with Crippen LogP contribution >= 0.6 is 0 Å². The molecule has 1 unspecified atom stereocenters. The third-order valence-corrected chi connectivity index (χ3v) is 5.09. The van der Waals surface area contributed by atoms with Crippen LogP contribution in [0, 0.1) is 0 Å². The SMILES string of the molecule is COCC1CCCN1Cc1cc(C(C)(C)C)cc(C(C)(C)C)c1O. The Morgan fingerprint density at radius 3 is 2.33 bits per heavy atom. The van der Waals surface area contributed by atoms with E-state index < -0.39 is 0 Å². The molecular formula is C21H35NO2. The molecule has 1 N–H and O–H groups in total. The first-order chi connectivity index (χ1) is 11.0. The Hall–Kier alpha value is -1.06. The van der Waals surface area contributed by atoms with Crippen LogP contribution in [0.3, 0.4) is 0 Å². The number of methoxy groups -OCH3 is 1. The van der Waals surface area contributed by atoms with E-state index in [1.165, 1.54) is 18.4 Å². The van der Waals surface area contributed by atoms with Crippen LogP contribution < -0.4 is 0 Å². The first kappa shape index (κ1) is 19.3. The maximum atomic E-state index is 10.9. The Balaban J connectivity index is 2.41. The van der Waals surface area contributed by atoms with Gasteiger partial charge in [-0.1, -0.05) is 53.7 Å². The lowest BCUT2D eigenvalue weighted by atomic mass is 9.79. The second kappa shape index (κ2) is 7.05. The molecule has 0 spiro atoms. The first-order valence-corrected chi connectivity index (χ1v) is 9.14. The minimum atomic E-state index is -0.0724. The Labute approximate surface area is 148 Å². The summed E-state index contributed by atoms with van der Waals surface area (Å²) < 4.78 is 5.38. The minimum absolute atomic E-state index is 0.0688. The van der Waals surface area contributed by atoms with Crippen LogP contribution in [-0.4, -0.2) is 36.3 Å². The van der Waals surface area contributed by atoms with E-state index in [4.69, 9.17) is 4.74 Å². The fraction of sp³-hybridized carbons (Fsp3) is 0.714. The quantitative estimate of drug-likeness (QED) is 0.874. The highest BCUT2D eigenvalue weighted by Gasteiger charge is 2.28. The van der Waals surface area contributed by atoms with Crippen LogP contribution in [0.4, 0.5) is 0 Å². The number of benzene rings is 1. The van der Waals surface area contributed by atoms with Crippen molar-refractivity contribution in [2.24, 2.45) is 0 Å². The van der Waals surface area contributed by atoms with E-state index in [1.54, 1.807) is 7.11 Å². The second-order valence-corrected chi connectivity index (χ2v) is 9.25. The minimum Gasteiger partial charge on any atom is -0.507 e. The molecule has 1 fully saturated rings. The third-order valence-electron chi connectivity index (χ3n) is 5.09. The molecule has 3 nitrogen and oxygen atoms in total. The average molecular weight is 334 g/mol. The maximum absolute atomic E-state index is 10.9. The van der Waals surface area contributed by atoms with Gasteiger partial charge in [0.1, 0.15) is 5.75 Å². The first-order valence-electron chi connectivity index (χ1n) is 9.14. The number of hydrogen-bond donors (Lipinski definition) is 1. The molecule has 0 aromatic heterocycles. The Morgan fingerprint density at radius 2 is 1.79 bits per heavy atom. The molecule has 1 aliphatic rings. The van der Waals surface area contributed by atoms with Gasteiger partial charge in [-0.2, -0.15) is 0 Å². The van der Waals surface area contributed by atoms with Crippen LogP contribution in [0.1, 0.15) is 71.1 Å². The normalized spacial score (nSPS) is 19.9. The van der Waals surface area contributed by atoms with Crippen molar-refractivity contribution in [2.75, 3.05) is 20.3 Å². The predicted octanol–water partition coefficient (Wildman–Crippen LogP) is 4.60. The molecule has 2 rings (SSSR count). The van der Waals surface area contributed by atoms with E-state index in [0.717, 1.165) is 30.8 Å². The predicted molar refractivity (Wildman–Crippen MR) is 101 cm³/mol. The van der Waals surface area contributed by atoms with Crippen molar-refractivity contribution in [3.8, 4) is 5.75 Å². The highest BCUT2D eigenvalue weighted by molar-refractivity contribution is 5.48. The molecule has 1 aromatic rings. The van der Waals surface area contributed by atoms with Gasteiger partial charge < -0.3 is 9.84 Å². The van der Waals surface area contributed by atoms with Crippen LogP contribution in [0.5, 0.6) is 5.75 Å². The van der Waals surface area contributed by atoms with E-state index >= 15 is 0 Å². The summed E-state index contributed by atoms with van der Waals surface area (Å²) in [4.78, 5) is 2.46. The van der Waals surface area contributed by atoms with Crippen LogP contribution in [-0.2, 0) is 22.1 Å². The molecule has 0 radical (unpaired) electrons. The van der Waals surface area contributed by atoms with E-state index in [1.807, 2.05) is 0 Å². The summed E-state index contributed by atoms with van der Waals surface area (Å²) in [6.45, 7) is 15.9. The van der Waals surface area contributed by atoms with Crippen molar-refractivity contribution < 1.29 is 9.84 Å². The van der Waals surface area contributed by atoms with Crippen molar-refractivity contribution in [2.45, 2.75) is 77.8 Å². The molecular weight excluding hydrogens is 298 g/mol. The van der Waals surface area contributed by atoms with Gasteiger partial charge >= 0.3 is 0 Å². The standard InChI is InChI=1S/C21H35NO2/c1-20(2,3)16-11-15(19(23)18(12-16)21(4,5)6)13-22-10-8-9-17(22)14-24-7/h11-12,17,23H,8-10,13-14H2,1-7H3. The van der Waals surface area contributed by atoms with Gasteiger partial charge in [0, 0.05) is 25.3 Å². The molecule has 0 aliphatic carbocycles. The Bertz CT molecular complexity index is 566. The summed E-state index contributed by atoms with van der Waals surface area (Å²) >= 11 is 0. The van der Waals surface area contributed by atoms with Gasteiger partial charge in [-0.25, -0.2) is 0 Å². The molecule has 1 saturated heterocycles. The fourth-order valence-electron chi connectivity index (χ4n) is 3.52. The number of likely N-dealkylation sites (tertiary alicyclic amines) is 1. The van der Waals surface area contributed by atoms with E-state index in [-0.39, 0.29) is 10.8 Å². The summed E-state index contributed by atoms with van der Waals surface area (Å²) in [5, 5.41) is 10.9. The number of phenolic OH excluding ortho intramolecular Hbond substituents is 1. The van der Waals surface area contributed by atoms with E-state index in [9.17, 15) is 5.11 Å². The molecule has 24 heavy (non-hydrogen) atoms. The second-order valence-electron chi connectivity index (χ2n) is 9.25. The lowest BCUT2D eigenvalue weighted by Gasteiger charge is -2.30. The molecule has 1 aromatic carbocycles. The molecule has 0 saturated carbocycles. The largest absolute Gasteiger partial charge is 0.507 e. The molecule has 0 amide bonds. The van der Waals surface area contributed by atoms with Gasteiger partial charge in [-0.15, -0.1) is 0 Å². The van der Waals surface area contributed by atoms with Gasteiger partial charge in [-0.05, 0) is 41.3 Å².